The lowest BCUT2D eigenvalue weighted by molar-refractivity contribution is 0.262. The zero-order chi connectivity index (χ0) is 21.0. The van der Waals surface area contributed by atoms with Crippen molar-refractivity contribution in [3.05, 3.63) is 81.4 Å². The Hall–Kier alpha value is -3.93. The van der Waals surface area contributed by atoms with E-state index >= 15 is 0 Å². The molecule has 150 valence electrons. The molecule has 10 nitrogen and oxygen atoms in total. The van der Waals surface area contributed by atoms with Gasteiger partial charge in [0.05, 0.1) is 5.69 Å². The summed E-state index contributed by atoms with van der Waals surface area (Å²) in [6, 6.07) is 10.3. The van der Waals surface area contributed by atoms with Crippen LogP contribution in [0.2, 0.25) is 0 Å². The summed E-state index contributed by atoms with van der Waals surface area (Å²) in [5, 5.41) is 4.90. The third-order valence-electron chi connectivity index (χ3n) is 3.53. The molecule has 2 amide bonds. The first-order valence-corrected chi connectivity index (χ1v) is 9.50. The molecule has 0 aliphatic carbocycles. The van der Waals surface area contributed by atoms with E-state index in [-0.39, 0.29) is 17.1 Å². The first-order valence-electron chi connectivity index (χ1n) is 8.01. The summed E-state index contributed by atoms with van der Waals surface area (Å²) >= 11 is 0. The van der Waals surface area contributed by atoms with Gasteiger partial charge in [-0.3, -0.25) is 14.5 Å². The van der Waals surface area contributed by atoms with Gasteiger partial charge in [0.15, 0.2) is 4.90 Å². The maximum Gasteiger partial charge on any atom is 0.325 e. The van der Waals surface area contributed by atoms with Crippen LogP contribution in [0.25, 0.3) is 0 Å². The number of aromatic amines is 2. The Kier molecular flexibility index (Phi) is 5.45. The summed E-state index contributed by atoms with van der Waals surface area (Å²) in [5.74, 6) is -0.517. The van der Waals surface area contributed by atoms with Crippen molar-refractivity contribution in [2.45, 2.75) is 4.90 Å². The Labute approximate surface area is 162 Å². The number of urea groups is 1. The van der Waals surface area contributed by atoms with E-state index in [0.29, 0.717) is 0 Å². The van der Waals surface area contributed by atoms with Gasteiger partial charge >= 0.3 is 11.7 Å². The molecule has 0 aliphatic rings. The van der Waals surface area contributed by atoms with Gasteiger partial charge in [0.25, 0.3) is 15.6 Å². The summed E-state index contributed by atoms with van der Waals surface area (Å²) in [5.41, 5.74) is -1.40. The van der Waals surface area contributed by atoms with E-state index in [1.807, 2.05) is 4.98 Å². The van der Waals surface area contributed by atoms with Crippen molar-refractivity contribution >= 4 is 33.1 Å². The zero-order valence-corrected chi connectivity index (χ0v) is 15.3. The van der Waals surface area contributed by atoms with Gasteiger partial charge in [0.2, 0.25) is 0 Å². The number of sulfonamides is 1. The number of carbonyl (C=O) groups excluding carboxylic acids is 1. The summed E-state index contributed by atoms with van der Waals surface area (Å²) < 4.78 is 40.0. The summed E-state index contributed by atoms with van der Waals surface area (Å²) in [7, 11) is -4.29. The molecule has 5 N–H and O–H groups in total. The molecule has 29 heavy (non-hydrogen) atoms. The molecule has 0 fully saturated rings. The highest BCUT2D eigenvalue weighted by molar-refractivity contribution is 7.92. The minimum absolute atomic E-state index is 0.0548. The Morgan fingerprint density at radius 1 is 0.931 bits per heavy atom. The van der Waals surface area contributed by atoms with Crippen LogP contribution in [0.3, 0.4) is 0 Å². The average Bonchev–Trinajstić information content (AvgIpc) is 2.61. The number of aromatic nitrogens is 2. The van der Waals surface area contributed by atoms with Crippen LogP contribution in [0.4, 0.5) is 26.2 Å². The Morgan fingerprint density at radius 3 is 2.21 bits per heavy atom. The molecule has 2 aromatic carbocycles. The molecule has 1 aromatic heterocycles. The highest BCUT2D eigenvalue weighted by Crippen LogP contribution is 2.18. The van der Waals surface area contributed by atoms with Gasteiger partial charge in [-0.25, -0.2) is 22.4 Å². The lowest BCUT2D eigenvalue weighted by Crippen LogP contribution is -2.29. The van der Waals surface area contributed by atoms with Crippen LogP contribution in [0, 0.1) is 5.82 Å². The van der Waals surface area contributed by atoms with Crippen molar-refractivity contribution in [3.63, 3.8) is 0 Å². The van der Waals surface area contributed by atoms with Crippen LogP contribution >= 0.6 is 0 Å². The highest BCUT2D eigenvalue weighted by atomic mass is 32.2. The minimum atomic E-state index is -4.29. The Balaban J connectivity index is 1.74. The number of amides is 2. The summed E-state index contributed by atoms with van der Waals surface area (Å²) in [6.07, 6.45) is 0.776. The van der Waals surface area contributed by atoms with Crippen molar-refractivity contribution in [1.29, 1.82) is 0 Å². The fourth-order valence-electron chi connectivity index (χ4n) is 2.33. The van der Waals surface area contributed by atoms with E-state index in [0.717, 1.165) is 12.3 Å². The van der Waals surface area contributed by atoms with Crippen LogP contribution in [0.1, 0.15) is 0 Å². The van der Waals surface area contributed by atoms with E-state index in [2.05, 4.69) is 20.3 Å². The van der Waals surface area contributed by atoms with Gasteiger partial charge in [0.1, 0.15) is 5.82 Å². The maximum atomic E-state index is 13.2. The summed E-state index contributed by atoms with van der Waals surface area (Å²) in [6.45, 7) is 0. The molecule has 0 aliphatic heterocycles. The molecule has 1 heterocycles. The molecule has 0 saturated carbocycles. The van der Waals surface area contributed by atoms with Crippen LogP contribution < -0.4 is 26.6 Å². The first-order chi connectivity index (χ1) is 13.7. The van der Waals surface area contributed by atoms with E-state index in [1.54, 1.807) is 0 Å². The maximum absolute atomic E-state index is 13.2. The third kappa shape index (κ3) is 5.07. The third-order valence-corrected chi connectivity index (χ3v) is 4.92. The topological polar surface area (TPSA) is 153 Å². The van der Waals surface area contributed by atoms with Gasteiger partial charge in [-0.2, -0.15) is 0 Å². The smallest absolute Gasteiger partial charge is 0.313 e. The second kappa shape index (κ2) is 7.98. The van der Waals surface area contributed by atoms with E-state index in [1.165, 1.54) is 42.5 Å². The quantitative estimate of drug-likeness (QED) is 0.426. The molecule has 0 unspecified atom stereocenters. The van der Waals surface area contributed by atoms with Crippen molar-refractivity contribution < 1.29 is 17.6 Å². The number of hydrogen-bond donors (Lipinski definition) is 5. The number of hydrogen-bond acceptors (Lipinski definition) is 5. The lowest BCUT2D eigenvalue weighted by Gasteiger charge is -2.11. The largest absolute Gasteiger partial charge is 0.325 e. The molecule has 0 saturated heterocycles. The monoisotopic (exact) mass is 419 g/mol. The van der Waals surface area contributed by atoms with Crippen LogP contribution in [-0.4, -0.2) is 24.4 Å². The Morgan fingerprint density at radius 2 is 1.55 bits per heavy atom. The molecule has 3 aromatic rings. The fourth-order valence-corrected chi connectivity index (χ4v) is 3.38. The second-order valence-electron chi connectivity index (χ2n) is 5.71. The Bertz CT molecular complexity index is 1290. The van der Waals surface area contributed by atoms with Crippen molar-refractivity contribution in [1.82, 2.24) is 9.97 Å². The summed E-state index contributed by atoms with van der Waals surface area (Å²) in [4.78, 5) is 38.0. The van der Waals surface area contributed by atoms with Gasteiger partial charge in [-0.05, 0) is 36.4 Å². The molecule has 0 spiro atoms. The SMILES string of the molecule is O=C(Nc1cccc(F)c1)Nc1cccc(NS(=O)(=O)c2c[nH]c(=O)[nH]c2=O)c1. The standard InChI is InChI=1S/C17H14FN5O5S/c18-10-3-1-4-11(7-10)20-17(26)21-12-5-2-6-13(8-12)23-29(27,28)14-9-19-16(25)22-15(14)24/h1-9,23H,(H2,20,21,26)(H2,19,22,24,25). The number of anilines is 3. The predicted molar refractivity (Wildman–Crippen MR) is 104 cm³/mol. The number of H-pyrrole nitrogens is 2. The van der Waals surface area contributed by atoms with Gasteiger partial charge in [0, 0.05) is 17.6 Å². The van der Waals surface area contributed by atoms with Gasteiger partial charge in [-0.1, -0.05) is 12.1 Å². The molecule has 0 bridgehead atoms. The van der Waals surface area contributed by atoms with E-state index < -0.39 is 38.0 Å². The van der Waals surface area contributed by atoms with Crippen molar-refractivity contribution in [2.24, 2.45) is 0 Å². The van der Waals surface area contributed by atoms with E-state index in [4.69, 9.17) is 0 Å². The van der Waals surface area contributed by atoms with Crippen molar-refractivity contribution in [3.8, 4) is 0 Å². The second-order valence-corrected chi connectivity index (χ2v) is 7.36. The van der Waals surface area contributed by atoms with E-state index in [9.17, 15) is 27.2 Å². The number of nitrogens with one attached hydrogen (secondary N) is 5. The molecule has 0 atom stereocenters. The van der Waals surface area contributed by atoms with Gasteiger partial charge in [-0.15, -0.1) is 0 Å². The number of benzene rings is 2. The fraction of sp³-hybridized carbons (Fsp3) is 0. The van der Waals surface area contributed by atoms with Crippen LogP contribution in [0.15, 0.2) is 69.2 Å². The number of rotatable bonds is 5. The molecule has 12 heteroatoms. The molecule has 0 radical (unpaired) electrons. The molecule has 3 rings (SSSR count). The molecular formula is C17H14FN5O5S. The van der Waals surface area contributed by atoms with Crippen LogP contribution in [-0.2, 0) is 10.0 Å². The number of carbonyl (C=O) groups is 1. The van der Waals surface area contributed by atoms with Crippen LogP contribution in [0.5, 0.6) is 0 Å². The highest BCUT2D eigenvalue weighted by Gasteiger charge is 2.19. The first kappa shape index (κ1) is 19.8. The van der Waals surface area contributed by atoms with Crippen molar-refractivity contribution in [2.75, 3.05) is 15.4 Å². The number of halogens is 1. The average molecular weight is 419 g/mol. The lowest BCUT2D eigenvalue weighted by atomic mass is 10.3. The minimum Gasteiger partial charge on any atom is -0.313 e. The normalized spacial score (nSPS) is 10.9. The zero-order valence-electron chi connectivity index (χ0n) is 14.5. The predicted octanol–water partition coefficient (Wildman–Crippen LogP) is 1.65. The van der Waals surface area contributed by atoms with Gasteiger partial charge < -0.3 is 15.6 Å². The molecular weight excluding hydrogens is 405 g/mol.